The zero-order valence-electron chi connectivity index (χ0n) is 10.0. The van der Waals surface area contributed by atoms with Crippen LogP contribution in [0, 0.1) is 0 Å². The van der Waals surface area contributed by atoms with Gasteiger partial charge in [-0.1, -0.05) is 28.1 Å². The summed E-state index contributed by atoms with van der Waals surface area (Å²) in [7, 11) is 0. The largest absolute Gasteiger partial charge is 0.446 e. The molecular formula is C11H7BrF6OS2. The van der Waals surface area contributed by atoms with Crippen molar-refractivity contribution in [2.45, 2.75) is 27.2 Å². The first-order valence-corrected chi connectivity index (χ1v) is 8.02. The minimum Gasteiger partial charge on any atom is -0.294 e. The van der Waals surface area contributed by atoms with Crippen LogP contribution >= 0.6 is 39.5 Å². The lowest BCUT2D eigenvalue weighted by molar-refractivity contribution is -0.0346. The highest BCUT2D eigenvalue weighted by molar-refractivity contribution is 9.09. The lowest BCUT2D eigenvalue weighted by atomic mass is 10.1. The van der Waals surface area contributed by atoms with Crippen LogP contribution in [0.1, 0.15) is 16.8 Å². The van der Waals surface area contributed by atoms with Crippen LogP contribution in [-0.4, -0.2) is 22.1 Å². The SMILES string of the molecule is O=C(CCBr)c1cccc(SC(F)(F)F)c1SC(F)(F)F. The van der Waals surface area contributed by atoms with Gasteiger partial charge in [0.2, 0.25) is 0 Å². The minimum absolute atomic E-state index is 0.106. The average molecular weight is 413 g/mol. The Labute approximate surface area is 133 Å². The number of thioether (sulfide) groups is 2. The fourth-order valence-corrected chi connectivity index (χ4v) is 3.28. The molecule has 0 heterocycles. The van der Waals surface area contributed by atoms with E-state index in [1.54, 1.807) is 0 Å². The van der Waals surface area contributed by atoms with E-state index in [4.69, 9.17) is 0 Å². The molecule has 0 amide bonds. The summed E-state index contributed by atoms with van der Waals surface area (Å²) in [5.41, 5.74) is -9.88. The Kier molecular flexibility index (Phi) is 6.48. The maximum atomic E-state index is 12.5. The van der Waals surface area contributed by atoms with E-state index in [-0.39, 0.29) is 17.3 Å². The number of carbonyl (C=O) groups excluding carboxylic acids is 1. The van der Waals surface area contributed by atoms with E-state index in [1.165, 1.54) is 0 Å². The highest BCUT2D eigenvalue weighted by atomic mass is 79.9. The number of rotatable bonds is 5. The summed E-state index contributed by atoms with van der Waals surface area (Å²) in [6, 6.07) is 3.15. The van der Waals surface area contributed by atoms with Crippen LogP contribution < -0.4 is 0 Å². The van der Waals surface area contributed by atoms with Crippen molar-refractivity contribution in [3.8, 4) is 0 Å². The first-order chi connectivity index (χ1) is 9.53. The second-order valence-corrected chi connectivity index (χ2v) is 6.57. The van der Waals surface area contributed by atoms with Crippen molar-refractivity contribution >= 4 is 45.2 Å². The van der Waals surface area contributed by atoms with Crippen LogP contribution in [0.4, 0.5) is 26.3 Å². The van der Waals surface area contributed by atoms with Crippen molar-refractivity contribution in [2.75, 3.05) is 5.33 Å². The average Bonchev–Trinajstić information content (AvgIpc) is 2.28. The Morgan fingerprint density at radius 2 is 1.62 bits per heavy atom. The summed E-state index contributed by atoms with van der Waals surface area (Å²) in [5.74, 6) is -0.650. The van der Waals surface area contributed by atoms with Gasteiger partial charge in [-0.05, 0) is 29.6 Å². The maximum absolute atomic E-state index is 12.5. The monoisotopic (exact) mass is 412 g/mol. The topological polar surface area (TPSA) is 17.1 Å². The van der Waals surface area contributed by atoms with Gasteiger partial charge in [-0.2, -0.15) is 26.3 Å². The van der Waals surface area contributed by atoms with E-state index in [1.807, 2.05) is 0 Å². The van der Waals surface area contributed by atoms with Gasteiger partial charge in [-0.15, -0.1) is 0 Å². The van der Waals surface area contributed by atoms with Crippen molar-refractivity contribution in [1.82, 2.24) is 0 Å². The molecule has 0 aliphatic heterocycles. The minimum atomic E-state index is -4.79. The highest BCUT2D eigenvalue weighted by Crippen LogP contribution is 2.47. The van der Waals surface area contributed by atoms with Crippen LogP contribution in [-0.2, 0) is 0 Å². The summed E-state index contributed by atoms with van der Waals surface area (Å²) in [6.07, 6.45) is -0.106. The van der Waals surface area contributed by atoms with Crippen LogP contribution in [0.5, 0.6) is 0 Å². The van der Waals surface area contributed by atoms with Crippen molar-refractivity contribution in [3.63, 3.8) is 0 Å². The number of hydrogen-bond donors (Lipinski definition) is 0. The summed E-state index contributed by atoms with van der Waals surface area (Å²) in [4.78, 5) is 10.4. The lowest BCUT2D eigenvalue weighted by Crippen LogP contribution is -2.08. The molecule has 21 heavy (non-hydrogen) atoms. The number of Topliss-reactive ketones (excluding diaryl/α,β-unsaturated/α-hetero) is 1. The van der Waals surface area contributed by atoms with Gasteiger partial charge in [0.05, 0.1) is 0 Å². The molecule has 0 unspecified atom stereocenters. The first kappa shape index (κ1) is 18.7. The molecule has 0 bridgehead atoms. The van der Waals surface area contributed by atoms with Gasteiger partial charge in [0.15, 0.2) is 5.78 Å². The van der Waals surface area contributed by atoms with E-state index in [9.17, 15) is 31.1 Å². The molecule has 0 saturated carbocycles. The second-order valence-electron chi connectivity index (χ2n) is 3.59. The molecule has 10 heteroatoms. The quantitative estimate of drug-likeness (QED) is 0.260. The summed E-state index contributed by atoms with van der Waals surface area (Å²) in [5, 5.41) is 0.207. The molecule has 0 N–H and O–H groups in total. The number of ketones is 1. The van der Waals surface area contributed by atoms with Gasteiger partial charge < -0.3 is 0 Å². The molecule has 1 aromatic rings. The van der Waals surface area contributed by atoms with E-state index < -0.39 is 50.1 Å². The highest BCUT2D eigenvalue weighted by Gasteiger charge is 2.36. The molecule has 0 fully saturated rings. The third kappa shape index (κ3) is 6.52. The Morgan fingerprint density at radius 1 is 1.05 bits per heavy atom. The van der Waals surface area contributed by atoms with Gasteiger partial charge in [-0.3, -0.25) is 4.79 Å². The number of hydrogen-bond acceptors (Lipinski definition) is 3. The van der Waals surface area contributed by atoms with Gasteiger partial charge in [0.1, 0.15) is 0 Å². The molecule has 1 rings (SSSR count). The van der Waals surface area contributed by atoms with Gasteiger partial charge in [-0.25, -0.2) is 0 Å². The van der Waals surface area contributed by atoms with Crippen LogP contribution in [0.3, 0.4) is 0 Å². The molecule has 0 atom stereocenters. The molecule has 0 aliphatic rings. The number of halogens is 7. The van der Waals surface area contributed by atoms with Crippen molar-refractivity contribution in [1.29, 1.82) is 0 Å². The molecule has 0 spiro atoms. The number of carbonyl (C=O) groups is 1. The van der Waals surface area contributed by atoms with Gasteiger partial charge in [0.25, 0.3) is 0 Å². The molecule has 0 aliphatic carbocycles. The van der Waals surface area contributed by atoms with E-state index in [0.717, 1.165) is 18.2 Å². The smallest absolute Gasteiger partial charge is 0.294 e. The Morgan fingerprint density at radius 3 is 2.10 bits per heavy atom. The van der Waals surface area contributed by atoms with Crippen LogP contribution in [0.15, 0.2) is 28.0 Å². The third-order valence-electron chi connectivity index (χ3n) is 2.04. The van der Waals surface area contributed by atoms with Gasteiger partial charge in [0, 0.05) is 27.1 Å². The number of benzene rings is 1. The fraction of sp³-hybridized carbons (Fsp3) is 0.364. The zero-order valence-corrected chi connectivity index (χ0v) is 13.2. The molecular weight excluding hydrogens is 406 g/mol. The third-order valence-corrected chi connectivity index (χ3v) is 4.24. The predicted octanol–water partition coefficient (Wildman–Crippen LogP) is 5.88. The van der Waals surface area contributed by atoms with Crippen molar-refractivity contribution < 1.29 is 31.1 Å². The number of alkyl halides is 7. The second kappa shape index (κ2) is 7.28. The molecule has 0 radical (unpaired) electrons. The molecule has 0 aromatic heterocycles. The van der Waals surface area contributed by atoms with Crippen LogP contribution in [0.2, 0.25) is 0 Å². The maximum Gasteiger partial charge on any atom is 0.446 e. The molecule has 0 saturated heterocycles. The molecule has 118 valence electrons. The van der Waals surface area contributed by atoms with Crippen molar-refractivity contribution in [3.05, 3.63) is 23.8 Å². The van der Waals surface area contributed by atoms with E-state index in [0.29, 0.717) is 0 Å². The zero-order chi connectivity index (χ0) is 16.3. The predicted molar refractivity (Wildman–Crippen MR) is 73.0 cm³/mol. The lowest BCUT2D eigenvalue weighted by Gasteiger charge is -2.15. The van der Waals surface area contributed by atoms with E-state index >= 15 is 0 Å². The first-order valence-electron chi connectivity index (χ1n) is 5.27. The Balaban J connectivity index is 3.30. The van der Waals surface area contributed by atoms with Crippen molar-refractivity contribution in [2.24, 2.45) is 0 Å². The Hall–Kier alpha value is -0.350. The molecule has 1 aromatic carbocycles. The standard InChI is InChI=1S/C11H7BrF6OS2/c12-5-4-7(19)6-2-1-3-8(20-10(13,14)15)9(6)21-11(16,17)18/h1-3H,4-5H2. The summed E-state index contributed by atoms with van der Waals surface area (Å²) in [6.45, 7) is 0. The van der Waals surface area contributed by atoms with Crippen LogP contribution in [0.25, 0.3) is 0 Å². The normalized spacial score (nSPS) is 12.5. The molecule has 1 nitrogen and oxygen atoms in total. The Bertz CT molecular complexity index is 514. The summed E-state index contributed by atoms with van der Waals surface area (Å²) >= 11 is 1.59. The van der Waals surface area contributed by atoms with E-state index in [2.05, 4.69) is 15.9 Å². The summed E-state index contributed by atoms with van der Waals surface area (Å²) < 4.78 is 74.9. The fourth-order valence-electron chi connectivity index (χ4n) is 1.38. The van der Waals surface area contributed by atoms with Gasteiger partial charge >= 0.3 is 11.0 Å².